The number of amides is 1. The Balaban J connectivity index is 2.66. The number of anilines is 1. The van der Waals surface area contributed by atoms with E-state index >= 15 is 0 Å². The van der Waals surface area contributed by atoms with Gasteiger partial charge in [0.1, 0.15) is 5.75 Å². The van der Waals surface area contributed by atoms with Gasteiger partial charge in [-0.15, -0.1) is 0 Å². The summed E-state index contributed by atoms with van der Waals surface area (Å²) in [7, 11) is 1.79. The number of carbonyl (C=O) groups is 1. The molecular formula is C12H15NO2. The highest BCUT2D eigenvalue weighted by atomic mass is 16.3. The van der Waals surface area contributed by atoms with Gasteiger partial charge in [0.15, 0.2) is 0 Å². The molecule has 0 aliphatic carbocycles. The molecule has 3 heteroatoms. The maximum atomic E-state index is 11.5. The molecule has 3 nitrogen and oxygen atoms in total. The minimum absolute atomic E-state index is 0.145. The first-order chi connectivity index (χ1) is 7.02. The average Bonchev–Trinajstić information content (AvgIpc) is 2.21. The molecule has 0 radical (unpaired) electrons. The third kappa shape index (κ3) is 1.39. The van der Waals surface area contributed by atoms with Gasteiger partial charge in [0.05, 0.1) is 0 Å². The van der Waals surface area contributed by atoms with E-state index < -0.39 is 0 Å². The third-order valence-electron chi connectivity index (χ3n) is 3.17. The second kappa shape index (κ2) is 3.26. The zero-order valence-electron chi connectivity index (χ0n) is 9.29. The highest BCUT2D eigenvalue weighted by Gasteiger charge is 2.24. The van der Waals surface area contributed by atoms with Crippen LogP contribution >= 0.6 is 0 Å². The predicted molar refractivity (Wildman–Crippen MR) is 59.3 cm³/mol. The Morgan fingerprint density at radius 1 is 1.33 bits per heavy atom. The first-order valence-corrected chi connectivity index (χ1v) is 5.11. The molecule has 0 saturated carbocycles. The lowest BCUT2D eigenvalue weighted by molar-refractivity contribution is -0.118. The van der Waals surface area contributed by atoms with Crippen LogP contribution in [0.15, 0.2) is 6.07 Å². The van der Waals surface area contributed by atoms with Crippen LogP contribution in [0.25, 0.3) is 0 Å². The number of fused-ring (bicyclic) bond motifs is 1. The van der Waals surface area contributed by atoms with Crippen LogP contribution in [0.3, 0.4) is 0 Å². The van der Waals surface area contributed by atoms with Crippen molar-refractivity contribution in [3.05, 3.63) is 22.8 Å². The fourth-order valence-corrected chi connectivity index (χ4v) is 2.14. The molecular weight excluding hydrogens is 190 g/mol. The molecule has 0 atom stereocenters. The van der Waals surface area contributed by atoms with Gasteiger partial charge in [-0.3, -0.25) is 4.79 Å². The van der Waals surface area contributed by atoms with Crippen molar-refractivity contribution in [3.8, 4) is 5.75 Å². The fraction of sp³-hybridized carbons (Fsp3) is 0.417. The van der Waals surface area contributed by atoms with E-state index in [2.05, 4.69) is 0 Å². The maximum Gasteiger partial charge on any atom is 0.227 e. The van der Waals surface area contributed by atoms with E-state index in [9.17, 15) is 9.90 Å². The van der Waals surface area contributed by atoms with E-state index in [1.54, 1.807) is 11.9 Å². The number of phenolic OH excluding ortho intramolecular Hbond substituents is 1. The van der Waals surface area contributed by atoms with Gasteiger partial charge >= 0.3 is 0 Å². The van der Waals surface area contributed by atoms with Crippen LogP contribution in [-0.4, -0.2) is 18.1 Å². The summed E-state index contributed by atoms with van der Waals surface area (Å²) in [6, 6.07) is 1.88. The Morgan fingerprint density at radius 3 is 2.67 bits per heavy atom. The van der Waals surface area contributed by atoms with E-state index in [0.29, 0.717) is 12.2 Å². The Hall–Kier alpha value is -1.51. The summed E-state index contributed by atoms with van der Waals surface area (Å²) in [5, 5.41) is 9.81. The van der Waals surface area contributed by atoms with E-state index in [-0.39, 0.29) is 5.91 Å². The number of nitrogens with zero attached hydrogens (tertiary/aromatic N) is 1. The Morgan fingerprint density at radius 2 is 2.00 bits per heavy atom. The molecule has 1 aliphatic rings. The smallest absolute Gasteiger partial charge is 0.227 e. The second-order valence-corrected chi connectivity index (χ2v) is 4.12. The summed E-state index contributed by atoms with van der Waals surface area (Å²) >= 11 is 0. The zero-order chi connectivity index (χ0) is 11.2. The molecule has 2 rings (SSSR count). The van der Waals surface area contributed by atoms with Gasteiger partial charge in [0, 0.05) is 19.2 Å². The van der Waals surface area contributed by atoms with E-state index in [0.717, 1.165) is 28.8 Å². The van der Waals surface area contributed by atoms with Gasteiger partial charge in [-0.2, -0.15) is 0 Å². The fourth-order valence-electron chi connectivity index (χ4n) is 2.14. The molecule has 1 aromatic carbocycles. The van der Waals surface area contributed by atoms with Crippen LogP contribution in [0.2, 0.25) is 0 Å². The third-order valence-corrected chi connectivity index (χ3v) is 3.17. The van der Waals surface area contributed by atoms with Gasteiger partial charge in [0.2, 0.25) is 5.91 Å². The van der Waals surface area contributed by atoms with Crippen molar-refractivity contribution in [1.82, 2.24) is 0 Å². The van der Waals surface area contributed by atoms with E-state index in [1.165, 1.54) is 0 Å². The minimum Gasteiger partial charge on any atom is -0.507 e. The zero-order valence-corrected chi connectivity index (χ0v) is 9.29. The minimum atomic E-state index is 0.145. The van der Waals surface area contributed by atoms with Crippen LogP contribution in [0.4, 0.5) is 5.69 Å². The highest BCUT2D eigenvalue weighted by Crippen LogP contribution is 2.36. The quantitative estimate of drug-likeness (QED) is 0.703. The van der Waals surface area contributed by atoms with E-state index in [1.807, 2.05) is 19.9 Å². The van der Waals surface area contributed by atoms with Gasteiger partial charge in [-0.05, 0) is 43.0 Å². The summed E-state index contributed by atoms with van der Waals surface area (Å²) in [5.41, 5.74) is 3.77. The number of rotatable bonds is 0. The first kappa shape index (κ1) is 10.0. The van der Waals surface area contributed by atoms with Crippen LogP contribution in [0.5, 0.6) is 5.75 Å². The maximum absolute atomic E-state index is 11.5. The molecule has 1 N–H and O–H groups in total. The van der Waals surface area contributed by atoms with Gasteiger partial charge < -0.3 is 10.0 Å². The molecule has 1 amide bonds. The average molecular weight is 205 g/mol. The molecule has 0 fully saturated rings. The Kier molecular flexibility index (Phi) is 2.18. The number of aromatic hydroxyl groups is 1. The Labute approximate surface area is 89.3 Å². The molecule has 1 aliphatic heterocycles. The van der Waals surface area contributed by atoms with Crippen molar-refractivity contribution < 1.29 is 9.90 Å². The van der Waals surface area contributed by atoms with Gasteiger partial charge in [-0.25, -0.2) is 0 Å². The summed E-state index contributed by atoms with van der Waals surface area (Å²) in [5.74, 6) is 0.503. The van der Waals surface area contributed by atoms with Gasteiger partial charge in [0.25, 0.3) is 0 Å². The molecule has 0 spiro atoms. The first-order valence-electron chi connectivity index (χ1n) is 5.11. The molecule has 0 saturated heterocycles. The number of carbonyl (C=O) groups excluding carboxylic acids is 1. The largest absolute Gasteiger partial charge is 0.507 e. The molecule has 0 aromatic heterocycles. The van der Waals surface area contributed by atoms with Crippen LogP contribution in [0, 0.1) is 13.8 Å². The summed E-state index contributed by atoms with van der Waals surface area (Å²) in [6.45, 7) is 3.76. The summed E-state index contributed by atoms with van der Waals surface area (Å²) in [4.78, 5) is 13.2. The van der Waals surface area contributed by atoms with Gasteiger partial charge in [-0.1, -0.05) is 0 Å². The highest BCUT2D eigenvalue weighted by molar-refractivity contribution is 5.96. The van der Waals surface area contributed by atoms with Crippen molar-refractivity contribution >= 4 is 11.6 Å². The normalized spacial score (nSPS) is 15.4. The predicted octanol–water partition coefficient (Wildman–Crippen LogP) is 1.92. The second-order valence-electron chi connectivity index (χ2n) is 4.12. The number of phenols is 1. The molecule has 0 bridgehead atoms. The summed E-state index contributed by atoms with van der Waals surface area (Å²) < 4.78 is 0. The summed E-state index contributed by atoms with van der Waals surface area (Å²) in [6.07, 6.45) is 1.27. The standard InChI is InChI=1S/C12H15NO2/c1-7-6-10-9(8(2)12(7)15)4-5-11(14)13(10)3/h6,15H,4-5H2,1-3H3. The van der Waals surface area contributed by atoms with E-state index in [4.69, 9.17) is 0 Å². The molecule has 15 heavy (non-hydrogen) atoms. The number of hydrogen-bond donors (Lipinski definition) is 1. The molecule has 0 unspecified atom stereocenters. The van der Waals surface area contributed by atoms with Crippen molar-refractivity contribution in [2.75, 3.05) is 11.9 Å². The molecule has 1 heterocycles. The lowest BCUT2D eigenvalue weighted by Gasteiger charge is -2.28. The molecule has 1 aromatic rings. The van der Waals surface area contributed by atoms with Crippen molar-refractivity contribution in [2.24, 2.45) is 0 Å². The van der Waals surface area contributed by atoms with Crippen molar-refractivity contribution in [1.29, 1.82) is 0 Å². The van der Waals surface area contributed by atoms with Crippen molar-refractivity contribution in [3.63, 3.8) is 0 Å². The lowest BCUT2D eigenvalue weighted by Crippen LogP contribution is -2.31. The monoisotopic (exact) mass is 205 g/mol. The van der Waals surface area contributed by atoms with Crippen LogP contribution in [-0.2, 0) is 11.2 Å². The SMILES string of the molecule is Cc1cc2c(c(C)c1O)CCC(=O)N2C. The number of aryl methyl sites for hydroxylation is 1. The number of hydrogen-bond acceptors (Lipinski definition) is 2. The Bertz CT molecular complexity index is 438. The number of benzene rings is 1. The van der Waals surface area contributed by atoms with Crippen LogP contribution < -0.4 is 4.90 Å². The lowest BCUT2D eigenvalue weighted by atomic mass is 9.94. The topological polar surface area (TPSA) is 40.5 Å². The van der Waals surface area contributed by atoms with Crippen molar-refractivity contribution in [2.45, 2.75) is 26.7 Å². The molecule has 80 valence electrons. The van der Waals surface area contributed by atoms with Crippen LogP contribution in [0.1, 0.15) is 23.1 Å².